The Kier molecular flexibility index (Phi) is 5.73. The molecule has 0 N–H and O–H groups in total. The topological polar surface area (TPSA) is 35.6 Å². The van der Waals surface area contributed by atoms with Gasteiger partial charge < -0.3 is 9.30 Å². The summed E-state index contributed by atoms with van der Waals surface area (Å²) >= 11 is 0. The first kappa shape index (κ1) is 18.5. The molecule has 0 aliphatic heterocycles. The molecule has 27 heavy (non-hydrogen) atoms. The lowest BCUT2D eigenvalue weighted by molar-refractivity contribution is -0.138. The highest BCUT2D eigenvalue weighted by atomic mass is 16.5. The van der Waals surface area contributed by atoms with E-state index in [-0.39, 0.29) is 5.70 Å². The Morgan fingerprint density at radius 3 is 2.56 bits per heavy atom. The molecule has 0 atom stereocenters. The summed E-state index contributed by atoms with van der Waals surface area (Å²) in [5.41, 5.74) is 3.91. The van der Waals surface area contributed by atoms with Gasteiger partial charge in [-0.05, 0) is 29.7 Å². The fourth-order valence-electron chi connectivity index (χ4n) is 3.17. The van der Waals surface area contributed by atoms with Crippen molar-refractivity contribution >= 4 is 22.9 Å². The molecule has 0 aliphatic carbocycles. The van der Waals surface area contributed by atoms with Gasteiger partial charge in [0.15, 0.2) is 0 Å². The van der Waals surface area contributed by atoms with Crippen molar-refractivity contribution in [3.05, 3.63) is 77.3 Å². The number of para-hydroxylation sites is 1. The number of aromatic nitrogens is 1. The van der Waals surface area contributed by atoms with Crippen LogP contribution in [0.2, 0.25) is 0 Å². The van der Waals surface area contributed by atoms with Crippen LogP contribution in [0, 0.1) is 6.57 Å². The largest absolute Gasteiger partial charge is 0.471 e. The quantitative estimate of drug-likeness (QED) is 0.254. The van der Waals surface area contributed by atoms with Crippen molar-refractivity contribution in [2.75, 3.05) is 6.61 Å². The van der Waals surface area contributed by atoms with E-state index < -0.39 is 5.97 Å². The predicted molar refractivity (Wildman–Crippen MR) is 109 cm³/mol. The van der Waals surface area contributed by atoms with Gasteiger partial charge in [0.1, 0.15) is 0 Å². The molecule has 0 unspecified atom stereocenters. The van der Waals surface area contributed by atoms with E-state index in [1.165, 1.54) is 0 Å². The number of rotatable bonds is 6. The van der Waals surface area contributed by atoms with Crippen LogP contribution < -0.4 is 0 Å². The van der Waals surface area contributed by atoms with E-state index >= 15 is 0 Å². The van der Waals surface area contributed by atoms with E-state index in [4.69, 9.17) is 11.3 Å². The number of carbonyl (C=O) groups is 1. The number of carbonyl (C=O) groups excluding carboxylic acids is 1. The second-order valence-electron chi connectivity index (χ2n) is 6.34. The summed E-state index contributed by atoms with van der Waals surface area (Å²) in [4.78, 5) is 15.8. The van der Waals surface area contributed by atoms with Crippen LogP contribution in [0.5, 0.6) is 0 Å². The Hall–Kier alpha value is -3.32. The fourth-order valence-corrected chi connectivity index (χ4v) is 3.17. The van der Waals surface area contributed by atoms with E-state index in [0.717, 1.165) is 40.6 Å². The van der Waals surface area contributed by atoms with Crippen LogP contribution >= 0.6 is 0 Å². The van der Waals surface area contributed by atoms with Gasteiger partial charge in [0.05, 0.1) is 18.9 Å². The third-order valence-corrected chi connectivity index (χ3v) is 4.54. The van der Waals surface area contributed by atoms with Crippen molar-refractivity contribution < 1.29 is 9.53 Å². The molecule has 0 fully saturated rings. The first-order valence-electron chi connectivity index (χ1n) is 9.06. The number of benzene rings is 2. The van der Waals surface area contributed by atoms with Crippen molar-refractivity contribution in [1.29, 1.82) is 0 Å². The van der Waals surface area contributed by atoms with Crippen LogP contribution in [0.4, 0.5) is 0 Å². The van der Waals surface area contributed by atoms with E-state index in [0.29, 0.717) is 6.61 Å². The molecule has 3 rings (SSSR count). The molecule has 0 saturated carbocycles. The lowest BCUT2D eigenvalue weighted by Crippen LogP contribution is -2.06. The number of hydrogen-bond donors (Lipinski definition) is 0. The Bertz CT molecular complexity index is 1020. The second kappa shape index (κ2) is 8.37. The van der Waals surface area contributed by atoms with Gasteiger partial charge in [-0.2, -0.15) is 0 Å². The third kappa shape index (κ3) is 3.78. The van der Waals surface area contributed by atoms with E-state index in [2.05, 4.69) is 9.41 Å². The zero-order chi connectivity index (χ0) is 19.2. The number of unbranched alkanes of at least 4 members (excludes halogenated alkanes) is 1. The maximum Gasteiger partial charge on any atom is 0.336 e. The van der Waals surface area contributed by atoms with Gasteiger partial charge in [-0.1, -0.05) is 61.9 Å². The van der Waals surface area contributed by atoms with Crippen LogP contribution in [0.3, 0.4) is 0 Å². The van der Waals surface area contributed by atoms with Crippen molar-refractivity contribution in [3.8, 4) is 11.3 Å². The van der Waals surface area contributed by atoms with Gasteiger partial charge in [0.25, 0.3) is 5.70 Å². The first-order chi connectivity index (χ1) is 13.2. The summed E-state index contributed by atoms with van der Waals surface area (Å²) in [5.74, 6) is -0.564. The molecule has 0 spiro atoms. The summed E-state index contributed by atoms with van der Waals surface area (Å²) in [6, 6.07) is 18.0. The van der Waals surface area contributed by atoms with E-state index in [9.17, 15) is 4.79 Å². The van der Waals surface area contributed by atoms with Crippen molar-refractivity contribution in [2.45, 2.75) is 19.8 Å². The van der Waals surface area contributed by atoms with Gasteiger partial charge in [-0.15, -0.1) is 0 Å². The lowest BCUT2D eigenvalue weighted by atomic mass is 10.0. The molecule has 0 bridgehead atoms. The van der Waals surface area contributed by atoms with Crippen LogP contribution in [-0.2, 0) is 16.6 Å². The van der Waals surface area contributed by atoms with Crippen LogP contribution in [-0.4, -0.2) is 17.1 Å². The molecule has 4 heteroatoms. The van der Waals surface area contributed by atoms with Gasteiger partial charge in [0, 0.05) is 18.0 Å². The van der Waals surface area contributed by atoms with Gasteiger partial charge >= 0.3 is 5.97 Å². The highest BCUT2D eigenvalue weighted by Gasteiger charge is 2.18. The molecule has 0 saturated heterocycles. The molecule has 3 aromatic rings. The number of aryl methyl sites for hydroxylation is 1. The highest BCUT2D eigenvalue weighted by molar-refractivity contribution is 6.03. The number of hydrogen-bond acceptors (Lipinski definition) is 2. The highest BCUT2D eigenvalue weighted by Crippen LogP contribution is 2.34. The Balaban J connectivity index is 2.15. The Labute approximate surface area is 159 Å². The maximum absolute atomic E-state index is 12.3. The molecule has 0 aliphatic rings. The summed E-state index contributed by atoms with van der Waals surface area (Å²) in [6.45, 7) is 9.83. The molecule has 4 nitrogen and oxygen atoms in total. The molecule has 1 heterocycles. The minimum absolute atomic E-state index is 0.000336. The van der Waals surface area contributed by atoms with Crippen molar-refractivity contribution in [2.24, 2.45) is 7.05 Å². The number of nitrogens with zero attached hydrogens (tertiary/aromatic N) is 2. The summed E-state index contributed by atoms with van der Waals surface area (Å²) in [5, 5.41) is 1.00. The lowest BCUT2D eigenvalue weighted by Gasteiger charge is -2.07. The third-order valence-electron chi connectivity index (χ3n) is 4.54. The van der Waals surface area contributed by atoms with Gasteiger partial charge in [0.2, 0.25) is 0 Å². The molecular weight excluding hydrogens is 336 g/mol. The first-order valence-corrected chi connectivity index (χ1v) is 9.06. The number of fused-ring (bicyclic) bond motifs is 1. The van der Waals surface area contributed by atoms with Gasteiger partial charge in [-0.25, -0.2) is 4.85 Å². The fraction of sp³-hybridized carbons (Fsp3) is 0.217. The molecule has 1 aromatic heterocycles. The number of esters is 1. The van der Waals surface area contributed by atoms with Crippen molar-refractivity contribution in [1.82, 2.24) is 4.57 Å². The predicted octanol–water partition coefficient (Wildman–Crippen LogP) is 5.45. The van der Waals surface area contributed by atoms with Crippen LogP contribution in [0.1, 0.15) is 25.3 Å². The molecular formula is C23H22N2O2. The van der Waals surface area contributed by atoms with Crippen LogP contribution in [0.15, 0.2) is 60.3 Å². The minimum Gasteiger partial charge on any atom is -0.471 e. The minimum atomic E-state index is -0.564. The summed E-state index contributed by atoms with van der Waals surface area (Å²) < 4.78 is 7.34. The standard InChI is InChI=1S/C23H22N2O2/c1-4-5-15-27-23(26)20(24-2)16-19-18-13-9-10-14-21(18)25(3)22(19)17-11-7-6-8-12-17/h6-14,16H,4-5,15H2,1,3H3/b20-16-. The van der Waals surface area contributed by atoms with Crippen molar-refractivity contribution in [3.63, 3.8) is 0 Å². The summed E-state index contributed by atoms with van der Waals surface area (Å²) in [7, 11) is 2.00. The smallest absolute Gasteiger partial charge is 0.336 e. The summed E-state index contributed by atoms with van der Waals surface area (Å²) in [6.07, 6.45) is 3.39. The molecule has 0 radical (unpaired) electrons. The zero-order valence-corrected chi connectivity index (χ0v) is 15.6. The SMILES string of the molecule is [C-]#[N+]/C(=C\c1c(-c2ccccc2)n(C)c2ccccc12)C(=O)OCCCC. The number of ether oxygens (including phenoxy) is 1. The molecule has 2 aromatic carbocycles. The maximum atomic E-state index is 12.3. The van der Waals surface area contributed by atoms with Crippen LogP contribution in [0.25, 0.3) is 33.1 Å². The molecule has 0 amide bonds. The zero-order valence-electron chi connectivity index (χ0n) is 15.6. The molecule has 136 valence electrons. The Morgan fingerprint density at radius 1 is 1.15 bits per heavy atom. The van der Waals surface area contributed by atoms with Gasteiger partial charge in [-0.3, -0.25) is 4.79 Å². The second-order valence-corrected chi connectivity index (χ2v) is 6.34. The normalized spacial score (nSPS) is 11.4. The average molecular weight is 358 g/mol. The van der Waals surface area contributed by atoms with E-state index in [1.54, 1.807) is 6.08 Å². The average Bonchev–Trinajstić information content (AvgIpc) is 2.99. The van der Waals surface area contributed by atoms with E-state index in [1.807, 2.05) is 68.6 Å². The monoisotopic (exact) mass is 358 g/mol. The Morgan fingerprint density at radius 2 is 1.85 bits per heavy atom.